The van der Waals surface area contributed by atoms with E-state index < -0.39 is 0 Å². The molecule has 1 aliphatic heterocycles. The summed E-state index contributed by atoms with van der Waals surface area (Å²) in [5.41, 5.74) is 0. The molecule has 2 heterocycles. The first kappa shape index (κ1) is 12.0. The summed E-state index contributed by atoms with van der Waals surface area (Å²) in [6.07, 6.45) is 1.70. The van der Waals surface area contributed by atoms with Gasteiger partial charge in [0.1, 0.15) is 0 Å². The second-order valence-corrected chi connectivity index (χ2v) is 4.51. The summed E-state index contributed by atoms with van der Waals surface area (Å²) in [5, 5.41) is 11.1. The molecule has 0 radical (unpaired) electrons. The van der Waals surface area contributed by atoms with Gasteiger partial charge in [0.15, 0.2) is 5.82 Å². The Morgan fingerprint density at radius 3 is 2.88 bits per heavy atom. The first-order chi connectivity index (χ1) is 8.25. The molecule has 1 saturated heterocycles. The molecule has 1 aromatic heterocycles. The lowest BCUT2D eigenvalue weighted by molar-refractivity contribution is 0.122. The van der Waals surface area contributed by atoms with Gasteiger partial charge in [0.05, 0.1) is 19.4 Å². The average molecular weight is 237 g/mol. The van der Waals surface area contributed by atoms with Crippen molar-refractivity contribution in [2.75, 3.05) is 43.1 Å². The summed E-state index contributed by atoms with van der Waals surface area (Å²) in [5.74, 6) is 2.03. The fourth-order valence-electron chi connectivity index (χ4n) is 1.61. The van der Waals surface area contributed by atoms with Crippen LogP contribution in [-0.2, 0) is 4.74 Å². The quantitative estimate of drug-likeness (QED) is 0.834. The Balaban J connectivity index is 2.00. The van der Waals surface area contributed by atoms with Crippen LogP contribution in [0.1, 0.15) is 13.8 Å². The van der Waals surface area contributed by atoms with E-state index in [0.29, 0.717) is 11.9 Å². The van der Waals surface area contributed by atoms with Crippen molar-refractivity contribution in [2.24, 2.45) is 5.92 Å². The highest BCUT2D eigenvalue weighted by Gasteiger charge is 2.13. The van der Waals surface area contributed by atoms with E-state index in [9.17, 15) is 0 Å². The van der Waals surface area contributed by atoms with E-state index in [4.69, 9.17) is 4.74 Å². The van der Waals surface area contributed by atoms with Crippen LogP contribution in [0.25, 0.3) is 0 Å². The minimum Gasteiger partial charge on any atom is -0.378 e. The van der Waals surface area contributed by atoms with Crippen LogP contribution in [-0.4, -0.2) is 48.0 Å². The van der Waals surface area contributed by atoms with Gasteiger partial charge in [-0.3, -0.25) is 0 Å². The predicted octanol–water partition coefficient (Wildman–Crippen LogP) is 0.776. The van der Waals surface area contributed by atoms with Gasteiger partial charge in [0, 0.05) is 19.6 Å². The molecule has 0 atom stereocenters. The van der Waals surface area contributed by atoms with Crippen LogP contribution in [0.3, 0.4) is 0 Å². The molecule has 0 aliphatic carbocycles. The predicted molar refractivity (Wildman–Crippen MR) is 66.2 cm³/mol. The second kappa shape index (κ2) is 5.77. The fourth-order valence-corrected chi connectivity index (χ4v) is 1.61. The molecular weight excluding hydrogens is 218 g/mol. The molecule has 0 amide bonds. The average Bonchev–Trinajstić information content (AvgIpc) is 2.38. The zero-order chi connectivity index (χ0) is 12.1. The molecule has 1 aliphatic rings. The van der Waals surface area contributed by atoms with Crippen molar-refractivity contribution in [2.45, 2.75) is 13.8 Å². The lowest BCUT2D eigenvalue weighted by Crippen LogP contribution is -2.37. The number of hydrogen-bond acceptors (Lipinski definition) is 6. The smallest absolute Gasteiger partial charge is 0.244 e. The number of morpholine rings is 1. The van der Waals surface area contributed by atoms with Crippen molar-refractivity contribution in [3.05, 3.63) is 6.20 Å². The van der Waals surface area contributed by atoms with E-state index in [-0.39, 0.29) is 0 Å². The molecule has 0 bridgehead atoms. The largest absolute Gasteiger partial charge is 0.378 e. The van der Waals surface area contributed by atoms with E-state index >= 15 is 0 Å². The number of rotatable bonds is 4. The van der Waals surface area contributed by atoms with Gasteiger partial charge in [-0.1, -0.05) is 13.8 Å². The molecular formula is C11H19N5O. The Morgan fingerprint density at radius 1 is 1.41 bits per heavy atom. The molecule has 17 heavy (non-hydrogen) atoms. The maximum atomic E-state index is 5.31. The number of aromatic nitrogens is 3. The highest BCUT2D eigenvalue weighted by atomic mass is 16.5. The van der Waals surface area contributed by atoms with E-state index in [2.05, 4.69) is 39.2 Å². The SMILES string of the molecule is CC(C)CNc1nncc(N2CCOCC2)n1. The molecule has 94 valence electrons. The third-order valence-electron chi connectivity index (χ3n) is 2.55. The Labute approximate surface area is 101 Å². The molecule has 0 unspecified atom stereocenters. The lowest BCUT2D eigenvalue weighted by Gasteiger charge is -2.27. The van der Waals surface area contributed by atoms with Crippen LogP contribution in [0.15, 0.2) is 6.20 Å². The summed E-state index contributed by atoms with van der Waals surface area (Å²) < 4.78 is 5.31. The van der Waals surface area contributed by atoms with E-state index in [1.54, 1.807) is 6.20 Å². The van der Waals surface area contributed by atoms with Crippen LogP contribution >= 0.6 is 0 Å². The maximum absolute atomic E-state index is 5.31. The summed E-state index contributed by atoms with van der Waals surface area (Å²) in [4.78, 5) is 6.62. The van der Waals surface area contributed by atoms with E-state index in [1.165, 1.54) is 0 Å². The van der Waals surface area contributed by atoms with Gasteiger partial charge in [0.2, 0.25) is 5.95 Å². The minimum absolute atomic E-state index is 0.561. The molecule has 0 saturated carbocycles. The van der Waals surface area contributed by atoms with E-state index in [0.717, 1.165) is 38.7 Å². The number of nitrogens with one attached hydrogen (secondary N) is 1. The zero-order valence-corrected chi connectivity index (χ0v) is 10.4. The Morgan fingerprint density at radius 2 is 2.18 bits per heavy atom. The third kappa shape index (κ3) is 3.52. The molecule has 0 spiro atoms. The van der Waals surface area contributed by atoms with E-state index in [1.807, 2.05) is 0 Å². The van der Waals surface area contributed by atoms with Crippen LogP contribution in [0, 0.1) is 5.92 Å². The van der Waals surface area contributed by atoms with Crippen molar-refractivity contribution in [3.63, 3.8) is 0 Å². The van der Waals surface area contributed by atoms with Crippen molar-refractivity contribution >= 4 is 11.8 Å². The van der Waals surface area contributed by atoms with Gasteiger partial charge in [-0.2, -0.15) is 10.1 Å². The second-order valence-electron chi connectivity index (χ2n) is 4.51. The van der Waals surface area contributed by atoms with Gasteiger partial charge in [-0.05, 0) is 5.92 Å². The van der Waals surface area contributed by atoms with Crippen molar-refractivity contribution < 1.29 is 4.74 Å². The molecule has 1 N–H and O–H groups in total. The summed E-state index contributed by atoms with van der Waals surface area (Å²) in [7, 11) is 0. The molecule has 2 rings (SSSR count). The Bertz CT molecular complexity index is 351. The topological polar surface area (TPSA) is 63.2 Å². The molecule has 6 nitrogen and oxygen atoms in total. The number of ether oxygens (including phenoxy) is 1. The van der Waals surface area contributed by atoms with Gasteiger partial charge in [0.25, 0.3) is 0 Å². The Hall–Kier alpha value is -1.43. The van der Waals surface area contributed by atoms with Crippen molar-refractivity contribution in [3.8, 4) is 0 Å². The van der Waals surface area contributed by atoms with Crippen LogP contribution in [0.5, 0.6) is 0 Å². The van der Waals surface area contributed by atoms with Crippen LogP contribution < -0.4 is 10.2 Å². The summed E-state index contributed by atoms with van der Waals surface area (Å²) >= 11 is 0. The van der Waals surface area contributed by atoms with Gasteiger partial charge in [-0.25, -0.2) is 0 Å². The molecule has 0 aromatic carbocycles. The molecule has 1 fully saturated rings. The first-order valence-electron chi connectivity index (χ1n) is 6.02. The van der Waals surface area contributed by atoms with Crippen molar-refractivity contribution in [1.29, 1.82) is 0 Å². The summed E-state index contributed by atoms with van der Waals surface area (Å²) in [6, 6.07) is 0. The monoisotopic (exact) mass is 237 g/mol. The highest BCUT2D eigenvalue weighted by Crippen LogP contribution is 2.12. The fraction of sp³-hybridized carbons (Fsp3) is 0.727. The highest BCUT2D eigenvalue weighted by molar-refractivity contribution is 5.40. The van der Waals surface area contributed by atoms with Crippen LogP contribution in [0.2, 0.25) is 0 Å². The zero-order valence-electron chi connectivity index (χ0n) is 10.4. The molecule has 6 heteroatoms. The molecule has 1 aromatic rings. The standard InChI is InChI=1S/C11H19N5O/c1-9(2)7-12-11-14-10(8-13-15-11)16-3-5-17-6-4-16/h8-9H,3-7H2,1-2H3,(H,12,14,15). The van der Waals surface area contributed by atoms with Gasteiger partial charge >= 0.3 is 0 Å². The number of nitrogens with zero attached hydrogens (tertiary/aromatic N) is 4. The minimum atomic E-state index is 0.561. The summed E-state index contributed by atoms with van der Waals surface area (Å²) in [6.45, 7) is 8.37. The number of hydrogen-bond donors (Lipinski definition) is 1. The lowest BCUT2D eigenvalue weighted by atomic mass is 10.2. The normalized spacial score (nSPS) is 16.3. The Kier molecular flexibility index (Phi) is 4.08. The third-order valence-corrected chi connectivity index (χ3v) is 2.55. The maximum Gasteiger partial charge on any atom is 0.244 e. The van der Waals surface area contributed by atoms with Gasteiger partial charge < -0.3 is 15.0 Å². The first-order valence-corrected chi connectivity index (χ1v) is 6.02. The van der Waals surface area contributed by atoms with Crippen molar-refractivity contribution in [1.82, 2.24) is 15.2 Å². The van der Waals surface area contributed by atoms with Gasteiger partial charge in [-0.15, -0.1) is 5.10 Å². The number of anilines is 2. The van der Waals surface area contributed by atoms with Crippen LogP contribution in [0.4, 0.5) is 11.8 Å².